The maximum Gasteiger partial charge on any atom is 0.307 e. The van der Waals surface area contributed by atoms with Crippen molar-refractivity contribution >= 4 is 17.1 Å². The predicted octanol–water partition coefficient (Wildman–Crippen LogP) is 2.57. The van der Waals surface area contributed by atoms with Crippen LogP contribution in [0.2, 0.25) is 0 Å². The Morgan fingerprint density at radius 3 is 2.90 bits per heavy atom. The highest BCUT2D eigenvalue weighted by Gasteiger charge is 2.40. The summed E-state index contributed by atoms with van der Waals surface area (Å²) in [6.07, 6.45) is 2.60. The van der Waals surface area contributed by atoms with E-state index in [-0.39, 0.29) is 11.8 Å². The summed E-state index contributed by atoms with van der Waals surface area (Å²) in [5, 5.41) is 9.44. The summed E-state index contributed by atoms with van der Waals surface area (Å²) in [6, 6.07) is 3.63. The first-order chi connectivity index (χ1) is 10.1. The van der Waals surface area contributed by atoms with Crippen LogP contribution in [0, 0.1) is 11.8 Å². The first-order valence-corrected chi connectivity index (χ1v) is 7.25. The number of hydrogen-bond acceptors (Lipinski definition) is 4. The molecular formula is C15H19N3O3. The molecule has 2 aromatic rings. The van der Waals surface area contributed by atoms with Crippen molar-refractivity contribution < 1.29 is 14.6 Å². The molecule has 21 heavy (non-hydrogen) atoms. The van der Waals surface area contributed by atoms with E-state index in [1.807, 2.05) is 6.07 Å². The van der Waals surface area contributed by atoms with Crippen molar-refractivity contribution in [3.8, 4) is 5.88 Å². The van der Waals surface area contributed by atoms with Crippen LogP contribution in [0.4, 0.5) is 0 Å². The van der Waals surface area contributed by atoms with Gasteiger partial charge in [0, 0.05) is 12.0 Å². The zero-order valence-corrected chi connectivity index (χ0v) is 12.2. The number of nitrogens with one attached hydrogen (secondary N) is 1. The number of carbonyl (C=O) groups is 1. The topological polar surface area (TPSA) is 88.1 Å². The summed E-state index contributed by atoms with van der Waals surface area (Å²) in [6.45, 7) is 2.11. The number of methoxy groups -OCH3 is 1. The van der Waals surface area contributed by atoms with Crippen LogP contribution in [0.3, 0.4) is 0 Å². The smallest absolute Gasteiger partial charge is 0.307 e. The summed E-state index contributed by atoms with van der Waals surface area (Å²) in [5.74, 6) is 0.529. The number of hydrogen-bond donors (Lipinski definition) is 2. The standard InChI is InChI=1S/C15H19N3O3/c1-3-8-6-9(10(7-8)15(19)20)13-16-11-4-5-12(21-2)17-14(11)18-13/h4-5,8-10H,3,6-7H2,1-2H3,(H,19,20)(H,16,17,18). The Balaban J connectivity index is 1.96. The van der Waals surface area contributed by atoms with Gasteiger partial charge < -0.3 is 14.8 Å². The number of imidazole rings is 1. The fraction of sp³-hybridized carbons (Fsp3) is 0.533. The number of H-pyrrole nitrogens is 1. The molecule has 112 valence electrons. The number of nitrogens with zero attached hydrogens (tertiary/aromatic N) is 2. The van der Waals surface area contributed by atoms with Crippen LogP contribution < -0.4 is 4.74 Å². The second kappa shape index (κ2) is 5.35. The van der Waals surface area contributed by atoms with Gasteiger partial charge in [-0.15, -0.1) is 0 Å². The number of aromatic nitrogens is 3. The quantitative estimate of drug-likeness (QED) is 0.903. The van der Waals surface area contributed by atoms with Crippen molar-refractivity contribution in [1.82, 2.24) is 15.0 Å². The molecule has 3 rings (SSSR count). The van der Waals surface area contributed by atoms with Crippen molar-refractivity contribution in [3.63, 3.8) is 0 Å². The third-order valence-corrected chi connectivity index (χ3v) is 4.45. The van der Waals surface area contributed by atoms with Crippen molar-refractivity contribution in [2.75, 3.05) is 7.11 Å². The number of pyridine rings is 1. The molecule has 1 saturated carbocycles. The van der Waals surface area contributed by atoms with Crippen molar-refractivity contribution in [3.05, 3.63) is 18.0 Å². The lowest BCUT2D eigenvalue weighted by atomic mass is 9.96. The van der Waals surface area contributed by atoms with Gasteiger partial charge in [-0.1, -0.05) is 13.3 Å². The van der Waals surface area contributed by atoms with E-state index in [0.29, 0.717) is 17.4 Å². The molecule has 1 fully saturated rings. The molecule has 1 aliphatic rings. The normalized spacial score (nSPS) is 25.3. The molecule has 6 heteroatoms. The molecule has 6 nitrogen and oxygen atoms in total. The van der Waals surface area contributed by atoms with E-state index >= 15 is 0 Å². The second-order valence-electron chi connectivity index (χ2n) is 5.64. The Kier molecular flexibility index (Phi) is 3.53. The van der Waals surface area contributed by atoms with Gasteiger partial charge in [-0.05, 0) is 24.8 Å². The highest BCUT2D eigenvalue weighted by molar-refractivity contribution is 5.74. The van der Waals surface area contributed by atoms with Gasteiger partial charge in [-0.2, -0.15) is 4.98 Å². The van der Waals surface area contributed by atoms with Crippen molar-refractivity contribution in [2.45, 2.75) is 32.1 Å². The monoisotopic (exact) mass is 289 g/mol. The number of rotatable bonds is 4. The fourth-order valence-corrected chi connectivity index (χ4v) is 3.23. The molecule has 0 radical (unpaired) electrons. The number of ether oxygens (including phenoxy) is 1. The van der Waals surface area contributed by atoms with Crippen LogP contribution in [0.25, 0.3) is 11.2 Å². The first-order valence-electron chi connectivity index (χ1n) is 7.25. The molecule has 0 amide bonds. The second-order valence-corrected chi connectivity index (χ2v) is 5.64. The van der Waals surface area contributed by atoms with Gasteiger partial charge in [0.05, 0.1) is 18.5 Å². The van der Waals surface area contributed by atoms with Gasteiger partial charge in [-0.3, -0.25) is 4.79 Å². The molecule has 2 heterocycles. The van der Waals surface area contributed by atoms with E-state index in [1.54, 1.807) is 13.2 Å². The largest absolute Gasteiger partial charge is 0.481 e. The highest BCUT2D eigenvalue weighted by atomic mass is 16.5. The summed E-state index contributed by atoms with van der Waals surface area (Å²) in [5.41, 5.74) is 1.39. The molecule has 0 bridgehead atoms. The summed E-state index contributed by atoms with van der Waals surface area (Å²) >= 11 is 0. The lowest BCUT2D eigenvalue weighted by molar-refractivity contribution is -0.142. The molecule has 2 N–H and O–H groups in total. The summed E-state index contributed by atoms with van der Waals surface area (Å²) in [4.78, 5) is 23.5. The lowest BCUT2D eigenvalue weighted by Crippen LogP contribution is -2.17. The third-order valence-electron chi connectivity index (χ3n) is 4.45. The van der Waals surface area contributed by atoms with Crippen LogP contribution in [0.5, 0.6) is 5.88 Å². The minimum absolute atomic E-state index is 0.0624. The third kappa shape index (κ3) is 2.46. The SMILES string of the molecule is CCC1CC(C(=O)O)C(c2nc3nc(OC)ccc3[nH]2)C1. The van der Waals surface area contributed by atoms with E-state index in [1.165, 1.54) is 0 Å². The highest BCUT2D eigenvalue weighted by Crippen LogP contribution is 2.43. The van der Waals surface area contributed by atoms with Gasteiger partial charge in [-0.25, -0.2) is 4.98 Å². The molecule has 0 saturated heterocycles. The lowest BCUT2D eigenvalue weighted by Gasteiger charge is -2.12. The Bertz CT molecular complexity index is 667. The number of carboxylic acid groups (broad SMARTS) is 1. The fourth-order valence-electron chi connectivity index (χ4n) is 3.23. The first kappa shape index (κ1) is 13.9. The number of carboxylic acids is 1. The molecular weight excluding hydrogens is 270 g/mol. The average Bonchev–Trinajstić information content (AvgIpc) is 3.09. The Labute approximate surface area is 122 Å². The zero-order chi connectivity index (χ0) is 15.0. The molecule has 0 aliphatic heterocycles. The number of fused-ring (bicyclic) bond motifs is 1. The summed E-state index contributed by atoms with van der Waals surface area (Å²) < 4.78 is 5.09. The van der Waals surface area contributed by atoms with Crippen molar-refractivity contribution in [1.29, 1.82) is 0 Å². The Hall–Kier alpha value is -2.11. The zero-order valence-electron chi connectivity index (χ0n) is 12.2. The molecule has 3 unspecified atom stereocenters. The molecule has 0 spiro atoms. The van der Waals surface area contributed by atoms with Gasteiger partial charge >= 0.3 is 5.97 Å². The van der Waals surface area contributed by atoms with Crippen LogP contribution in [0.1, 0.15) is 37.9 Å². The van der Waals surface area contributed by atoms with E-state index in [2.05, 4.69) is 21.9 Å². The molecule has 1 aliphatic carbocycles. The predicted molar refractivity (Wildman–Crippen MR) is 77.3 cm³/mol. The van der Waals surface area contributed by atoms with Crippen LogP contribution >= 0.6 is 0 Å². The minimum atomic E-state index is -0.734. The van der Waals surface area contributed by atoms with Gasteiger partial charge in [0.15, 0.2) is 5.65 Å². The maximum atomic E-state index is 11.5. The van der Waals surface area contributed by atoms with Crippen LogP contribution in [0.15, 0.2) is 12.1 Å². The summed E-state index contributed by atoms with van der Waals surface area (Å²) in [7, 11) is 1.56. The van der Waals surface area contributed by atoms with Crippen LogP contribution in [-0.4, -0.2) is 33.1 Å². The number of aliphatic carboxylic acids is 1. The van der Waals surface area contributed by atoms with E-state index in [9.17, 15) is 9.90 Å². The van der Waals surface area contributed by atoms with Crippen LogP contribution in [-0.2, 0) is 4.79 Å². The minimum Gasteiger partial charge on any atom is -0.481 e. The van der Waals surface area contributed by atoms with Gasteiger partial charge in [0.2, 0.25) is 5.88 Å². The van der Waals surface area contributed by atoms with E-state index in [4.69, 9.17) is 4.74 Å². The average molecular weight is 289 g/mol. The maximum absolute atomic E-state index is 11.5. The Morgan fingerprint density at radius 2 is 2.24 bits per heavy atom. The molecule has 0 aromatic carbocycles. The number of aromatic amines is 1. The van der Waals surface area contributed by atoms with E-state index in [0.717, 1.165) is 30.6 Å². The van der Waals surface area contributed by atoms with Gasteiger partial charge in [0.25, 0.3) is 0 Å². The van der Waals surface area contributed by atoms with Crippen molar-refractivity contribution in [2.24, 2.45) is 11.8 Å². The van der Waals surface area contributed by atoms with E-state index < -0.39 is 5.97 Å². The molecule has 3 atom stereocenters. The Morgan fingerprint density at radius 1 is 1.43 bits per heavy atom. The molecule has 2 aromatic heterocycles. The van der Waals surface area contributed by atoms with Gasteiger partial charge in [0.1, 0.15) is 5.82 Å².